The monoisotopic (exact) mass is 243 g/mol. The van der Waals surface area contributed by atoms with E-state index in [-0.39, 0.29) is 18.1 Å². The minimum atomic E-state index is -0.755. The number of aliphatic hydroxyl groups excluding tert-OH is 2. The molecule has 0 spiro atoms. The summed E-state index contributed by atoms with van der Waals surface area (Å²) in [5.74, 6) is 0. The van der Waals surface area contributed by atoms with Crippen LogP contribution in [0.1, 0.15) is 12.5 Å². The SMILES string of the molecule is BS[C@@H]1C[C@@H](n2ccnn2)C(O)C(CO)O1. The van der Waals surface area contributed by atoms with Crippen LogP contribution in [0.4, 0.5) is 0 Å². The Balaban J connectivity index is 2.16. The molecule has 2 unspecified atom stereocenters. The van der Waals surface area contributed by atoms with Crippen molar-refractivity contribution in [2.75, 3.05) is 6.61 Å². The van der Waals surface area contributed by atoms with Crippen LogP contribution in [0, 0.1) is 0 Å². The molecular weight excluding hydrogens is 229 g/mol. The number of hydrogen-bond donors (Lipinski definition) is 2. The maximum atomic E-state index is 10.0. The first-order chi connectivity index (χ1) is 7.76. The maximum Gasteiger partial charge on any atom is 0.176 e. The topological polar surface area (TPSA) is 80.4 Å². The first-order valence-corrected chi connectivity index (χ1v) is 6.38. The molecule has 1 saturated heterocycles. The van der Waals surface area contributed by atoms with Crippen LogP contribution in [0.3, 0.4) is 0 Å². The Morgan fingerprint density at radius 1 is 1.62 bits per heavy atom. The van der Waals surface area contributed by atoms with Crippen molar-refractivity contribution in [3.8, 4) is 0 Å². The maximum absolute atomic E-state index is 10.0. The standard InChI is InChI=1S/C8H14BN3O3S/c9-16-7-3-5(12-2-1-10-11-12)8(14)6(4-13)15-7/h1-2,5-8,13-14H,3-4,9H2/t5-,6?,7-,8?/m1/s1. The van der Waals surface area contributed by atoms with Crippen LogP contribution >= 0.6 is 11.6 Å². The van der Waals surface area contributed by atoms with Crippen LogP contribution in [0.5, 0.6) is 0 Å². The van der Waals surface area contributed by atoms with Crippen molar-refractivity contribution < 1.29 is 14.9 Å². The van der Waals surface area contributed by atoms with Crippen molar-refractivity contribution in [3.63, 3.8) is 0 Å². The quantitative estimate of drug-likeness (QED) is 0.633. The van der Waals surface area contributed by atoms with Crippen LogP contribution in [0.2, 0.25) is 0 Å². The first kappa shape index (κ1) is 11.9. The molecule has 2 heterocycles. The summed E-state index contributed by atoms with van der Waals surface area (Å²) in [7, 11) is 1.94. The molecule has 0 bridgehead atoms. The molecule has 1 aromatic rings. The number of hydrogen-bond acceptors (Lipinski definition) is 6. The van der Waals surface area contributed by atoms with E-state index in [9.17, 15) is 5.11 Å². The summed E-state index contributed by atoms with van der Waals surface area (Å²) in [5, 5.41) is 26.8. The van der Waals surface area contributed by atoms with Gasteiger partial charge in [-0.25, -0.2) is 4.68 Å². The van der Waals surface area contributed by atoms with Gasteiger partial charge in [0.2, 0.25) is 0 Å². The van der Waals surface area contributed by atoms with E-state index in [1.54, 1.807) is 28.7 Å². The zero-order valence-electron chi connectivity index (χ0n) is 8.93. The van der Waals surface area contributed by atoms with E-state index >= 15 is 0 Å². The van der Waals surface area contributed by atoms with Gasteiger partial charge in [-0.3, -0.25) is 0 Å². The van der Waals surface area contributed by atoms with Crippen molar-refractivity contribution in [3.05, 3.63) is 12.4 Å². The van der Waals surface area contributed by atoms with Gasteiger partial charge in [0.25, 0.3) is 0 Å². The fraction of sp³-hybridized carbons (Fsp3) is 0.750. The molecule has 1 aliphatic heterocycles. The fourth-order valence-electron chi connectivity index (χ4n) is 1.88. The van der Waals surface area contributed by atoms with Crippen LogP contribution in [-0.2, 0) is 4.74 Å². The third-order valence-corrected chi connectivity index (χ3v) is 3.59. The van der Waals surface area contributed by atoms with E-state index in [0.717, 1.165) is 0 Å². The van der Waals surface area contributed by atoms with E-state index in [1.165, 1.54) is 0 Å². The van der Waals surface area contributed by atoms with Gasteiger partial charge in [0, 0.05) is 12.6 Å². The summed E-state index contributed by atoms with van der Waals surface area (Å²) in [4.78, 5) is 0. The van der Waals surface area contributed by atoms with Gasteiger partial charge in [0.1, 0.15) is 12.2 Å². The molecule has 16 heavy (non-hydrogen) atoms. The Kier molecular flexibility index (Phi) is 3.85. The number of aromatic nitrogens is 3. The molecule has 0 saturated carbocycles. The molecule has 0 aromatic carbocycles. The van der Waals surface area contributed by atoms with E-state index in [4.69, 9.17) is 9.84 Å². The molecule has 0 radical (unpaired) electrons. The second-order valence-electron chi connectivity index (χ2n) is 3.70. The molecular formula is C8H14BN3O3S. The number of rotatable bonds is 3. The van der Waals surface area contributed by atoms with Crippen LogP contribution < -0.4 is 0 Å². The zero-order valence-corrected chi connectivity index (χ0v) is 9.75. The minimum Gasteiger partial charge on any atom is -0.394 e. The Bertz CT molecular complexity index is 326. The van der Waals surface area contributed by atoms with Gasteiger partial charge in [-0.2, -0.15) is 11.6 Å². The lowest BCUT2D eigenvalue weighted by Crippen LogP contribution is -2.47. The van der Waals surface area contributed by atoms with Gasteiger partial charge in [0.05, 0.1) is 24.3 Å². The highest BCUT2D eigenvalue weighted by Crippen LogP contribution is 2.32. The average Bonchev–Trinajstić information content (AvgIpc) is 2.83. The lowest BCUT2D eigenvalue weighted by molar-refractivity contribution is -0.130. The summed E-state index contributed by atoms with van der Waals surface area (Å²) in [6.07, 6.45) is 2.63. The van der Waals surface area contributed by atoms with Gasteiger partial charge in [0.15, 0.2) is 7.12 Å². The highest BCUT2D eigenvalue weighted by Gasteiger charge is 2.38. The van der Waals surface area contributed by atoms with E-state index < -0.39 is 12.2 Å². The lowest BCUT2D eigenvalue weighted by atomic mass is 10.00. The average molecular weight is 243 g/mol. The number of ether oxygens (including phenoxy) is 1. The van der Waals surface area contributed by atoms with Crippen molar-refractivity contribution >= 4 is 18.7 Å². The van der Waals surface area contributed by atoms with Gasteiger partial charge < -0.3 is 14.9 Å². The molecule has 8 heteroatoms. The molecule has 4 atom stereocenters. The second-order valence-corrected chi connectivity index (χ2v) is 4.70. The Labute approximate surface area is 98.3 Å². The predicted molar refractivity (Wildman–Crippen MR) is 61.6 cm³/mol. The zero-order chi connectivity index (χ0) is 11.5. The van der Waals surface area contributed by atoms with Crippen molar-refractivity contribution in [2.45, 2.75) is 30.1 Å². The van der Waals surface area contributed by atoms with Crippen LogP contribution in [-0.4, -0.2) is 56.6 Å². The molecule has 2 N–H and O–H groups in total. The summed E-state index contributed by atoms with van der Waals surface area (Å²) in [5.41, 5.74) is -0.0326. The minimum absolute atomic E-state index is 0.0326. The van der Waals surface area contributed by atoms with Crippen LogP contribution in [0.25, 0.3) is 0 Å². The smallest absolute Gasteiger partial charge is 0.176 e. The predicted octanol–water partition coefficient (Wildman–Crippen LogP) is -1.43. The van der Waals surface area contributed by atoms with E-state index in [0.29, 0.717) is 6.42 Å². The molecule has 2 rings (SSSR count). The number of aliphatic hydroxyl groups is 2. The summed E-state index contributed by atoms with van der Waals surface area (Å²) < 4.78 is 7.15. The van der Waals surface area contributed by atoms with Crippen molar-refractivity contribution in [1.82, 2.24) is 15.0 Å². The van der Waals surface area contributed by atoms with Gasteiger partial charge in [-0.15, -0.1) is 5.10 Å². The van der Waals surface area contributed by atoms with Crippen molar-refractivity contribution in [1.29, 1.82) is 0 Å². The molecule has 88 valence electrons. The molecule has 0 aliphatic carbocycles. The van der Waals surface area contributed by atoms with E-state index in [2.05, 4.69) is 10.3 Å². The Morgan fingerprint density at radius 2 is 2.44 bits per heavy atom. The third-order valence-electron chi connectivity index (χ3n) is 2.76. The normalized spacial score (nSPS) is 35.1. The summed E-state index contributed by atoms with van der Waals surface area (Å²) in [6, 6.07) is -0.189. The second kappa shape index (κ2) is 5.18. The largest absolute Gasteiger partial charge is 0.394 e. The van der Waals surface area contributed by atoms with Gasteiger partial charge >= 0.3 is 0 Å². The molecule has 6 nitrogen and oxygen atoms in total. The molecule has 1 fully saturated rings. The Morgan fingerprint density at radius 3 is 3.00 bits per heavy atom. The third kappa shape index (κ3) is 2.24. The lowest BCUT2D eigenvalue weighted by Gasteiger charge is -2.38. The summed E-state index contributed by atoms with van der Waals surface area (Å²) in [6.45, 7) is -0.191. The van der Waals surface area contributed by atoms with Gasteiger partial charge in [-0.05, 0) is 0 Å². The first-order valence-electron chi connectivity index (χ1n) is 5.09. The van der Waals surface area contributed by atoms with E-state index in [1.807, 2.05) is 7.12 Å². The molecule has 0 amide bonds. The molecule has 1 aliphatic rings. The van der Waals surface area contributed by atoms with Crippen LogP contribution in [0.15, 0.2) is 12.4 Å². The highest BCUT2D eigenvalue weighted by atomic mass is 32.2. The van der Waals surface area contributed by atoms with Gasteiger partial charge in [-0.1, -0.05) is 5.21 Å². The summed E-state index contributed by atoms with van der Waals surface area (Å²) >= 11 is 1.56. The van der Waals surface area contributed by atoms with Crippen molar-refractivity contribution in [2.24, 2.45) is 0 Å². The fourth-order valence-corrected chi connectivity index (χ4v) is 2.52. The molecule has 1 aromatic heterocycles. The Hall–Kier alpha value is -0.565. The number of nitrogens with zero attached hydrogens (tertiary/aromatic N) is 3. The highest BCUT2D eigenvalue weighted by molar-refractivity contribution is 8.20.